The number of nitrogen functional groups attached to an aromatic ring is 1. The molecule has 2 fully saturated rings. The number of aromatic nitrogens is 2. The van der Waals surface area contributed by atoms with E-state index in [0.29, 0.717) is 28.6 Å². The average Bonchev–Trinajstić information content (AvgIpc) is 3.28. The number of hydrogen-bond acceptors (Lipinski definition) is 5. The highest BCUT2D eigenvalue weighted by Gasteiger charge is 2.50. The lowest BCUT2D eigenvalue weighted by Gasteiger charge is -2.45. The average molecular weight is 430 g/mol. The van der Waals surface area contributed by atoms with E-state index >= 15 is 0 Å². The quantitative estimate of drug-likeness (QED) is 0.708. The van der Waals surface area contributed by atoms with Gasteiger partial charge in [-0.3, -0.25) is 9.59 Å². The second-order valence-electron chi connectivity index (χ2n) is 8.04. The van der Waals surface area contributed by atoms with Crippen LogP contribution in [0.2, 0.25) is 5.02 Å². The normalized spacial score (nSPS) is 22.7. The molecule has 158 valence electrons. The number of ether oxygens (including phenoxy) is 1. The summed E-state index contributed by atoms with van der Waals surface area (Å²) in [7, 11) is 1.55. The zero-order valence-corrected chi connectivity index (χ0v) is 17.5. The molecule has 2 aromatic rings. The van der Waals surface area contributed by atoms with Gasteiger partial charge in [-0.25, -0.2) is 4.68 Å². The van der Waals surface area contributed by atoms with Gasteiger partial charge in [0, 0.05) is 18.7 Å². The van der Waals surface area contributed by atoms with Gasteiger partial charge in [0.2, 0.25) is 5.91 Å². The lowest BCUT2D eigenvalue weighted by Crippen LogP contribution is -2.42. The molecule has 30 heavy (non-hydrogen) atoms. The van der Waals surface area contributed by atoms with Gasteiger partial charge in [0.1, 0.15) is 22.8 Å². The minimum absolute atomic E-state index is 0.0349. The summed E-state index contributed by atoms with van der Waals surface area (Å²) >= 11 is 6.40. The van der Waals surface area contributed by atoms with E-state index in [0.717, 1.165) is 25.8 Å². The van der Waals surface area contributed by atoms with Crippen molar-refractivity contribution in [2.45, 2.75) is 25.3 Å². The topological polar surface area (TPSA) is 116 Å². The fourth-order valence-corrected chi connectivity index (χ4v) is 4.93. The number of halogens is 1. The third kappa shape index (κ3) is 3.21. The Morgan fingerprint density at radius 2 is 2.13 bits per heavy atom. The largest absolute Gasteiger partial charge is 0.497 e. The molecule has 2 aliphatic rings. The van der Waals surface area contributed by atoms with E-state index in [1.807, 2.05) is 4.90 Å². The Balaban J connectivity index is 1.62. The van der Waals surface area contributed by atoms with Crippen LogP contribution in [-0.4, -0.2) is 46.7 Å². The molecule has 0 atom stereocenters. The number of carbonyl (C=O) groups is 2. The van der Waals surface area contributed by atoms with Crippen molar-refractivity contribution in [3.8, 4) is 17.0 Å². The van der Waals surface area contributed by atoms with E-state index in [9.17, 15) is 9.59 Å². The number of anilines is 1. The number of likely N-dealkylation sites (tertiary alicyclic amines) is 1. The van der Waals surface area contributed by atoms with Gasteiger partial charge in [-0.1, -0.05) is 18.2 Å². The smallest absolute Gasteiger partial charge is 0.254 e. The Labute approximate surface area is 179 Å². The van der Waals surface area contributed by atoms with Crippen molar-refractivity contribution in [1.82, 2.24) is 14.7 Å². The maximum Gasteiger partial charge on any atom is 0.254 e. The van der Waals surface area contributed by atoms with Crippen molar-refractivity contribution in [3.05, 3.63) is 41.4 Å². The highest BCUT2D eigenvalue weighted by molar-refractivity contribution is 6.33. The molecule has 0 bridgehead atoms. The third-order valence-electron chi connectivity index (χ3n) is 6.23. The molecule has 1 spiro atoms. The molecule has 0 radical (unpaired) electrons. The lowest BCUT2D eigenvalue weighted by molar-refractivity contribution is -0.125. The molecular formula is C21H24ClN5O3. The van der Waals surface area contributed by atoms with Gasteiger partial charge in [-0.05, 0) is 49.0 Å². The first-order valence-electron chi connectivity index (χ1n) is 9.71. The van der Waals surface area contributed by atoms with Crippen molar-refractivity contribution in [2.24, 2.45) is 11.1 Å². The van der Waals surface area contributed by atoms with Crippen LogP contribution < -0.4 is 16.2 Å². The number of carbonyl (C=O) groups excluding carboxylic acids is 2. The summed E-state index contributed by atoms with van der Waals surface area (Å²) in [5.74, 6) is 0.137. The second-order valence-corrected chi connectivity index (χ2v) is 8.45. The Morgan fingerprint density at radius 3 is 2.73 bits per heavy atom. The van der Waals surface area contributed by atoms with Crippen molar-refractivity contribution in [1.29, 1.82) is 0 Å². The van der Waals surface area contributed by atoms with Gasteiger partial charge in [0.25, 0.3) is 5.91 Å². The number of rotatable bonds is 5. The molecule has 0 unspecified atom stereocenters. The first kappa shape index (κ1) is 20.3. The molecule has 1 aromatic carbocycles. The molecular weight excluding hydrogens is 406 g/mol. The molecule has 2 heterocycles. The van der Waals surface area contributed by atoms with Gasteiger partial charge in [-0.2, -0.15) is 5.10 Å². The summed E-state index contributed by atoms with van der Waals surface area (Å²) in [6.45, 7) is 4.99. The van der Waals surface area contributed by atoms with Crippen LogP contribution in [0.25, 0.3) is 11.3 Å². The van der Waals surface area contributed by atoms with Crippen LogP contribution >= 0.6 is 11.6 Å². The van der Waals surface area contributed by atoms with Crippen LogP contribution in [0.5, 0.6) is 5.75 Å². The summed E-state index contributed by atoms with van der Waals surface area (Å²) in [6.07, 6.45) is 3.94. The summed E-state index contributed by atoms with van der Waals surface area (Å²) in [6, 6.07) is 5.16. The fraction of sp³-hybridized carbons (Fsp3) is 0.381. The summed E-state index contributed by atoms with van der Waals surface area (Å²) in [5, 5.41) is 5.02. The van der Waals surface area contributed by atoms with Gasteiger partial charge in [0.15, 0.2) is 0 Å². The highest BCUT2D eigenvalue weighted by Crippen LogP contribution is 2.54. The maximum absolute atomic E-state index is 12.2. The summed E-state index contributed by atoms with van der Waals surface area (Å²) < 4.78 is 6.86. The Morgan fingerprint density at radius 1 is 1.40 bits per heavy atom. The molecule has 4 N–H and O–H groups in total. The van der Waals surface area contributed by atoms with Crippen LogP contribution in [-0.2, 0) is 4.79 Å². The van der Waals surface area contributed by atoms with Crippen LogP contribution in [0.1, 0.15) is 35.7 Å². The van der Waals surface area contributed by atoms with Gasteiger partial charge < -0.3 is 21.1 Å². The van der Waals surface area contributed by atoms with Crippen LogP contribution in [0.15, 0.2) is 30.9 Å². The minimum atomic E-state index is -0.654. The SMILES string of the molecule is C=CC(=O)N1CCC2(CC(n3nc(-c4ccc(OC)cc4Cl)c(C(N)=O)c3N)C2)C1. The van der Waals surface area contributed by atoms with Crippen molar-refractivity contribution in [3.63, 3.8) is 0 Å². The summed E-state index contributed by atoms with van der Waals surface area (Å²) in [5.41, 5.74) is 13.1. The molecule has 1 saturated heterocycles. The van der Waals surface area contributed by atoms with Crippen LogP contribution in [0, 0.1) is 5.41 Å². The van der Waals surface area contributed by atoms with Crippen molar-refractivity contribution in [2.75, 3.05) is 25.9 Å². The van der Waals surface area contributed by atoms with Gasteiger partial charge >= 0.3 is 0 Å². The Bertz CT molecular complexity index is 1040. The molecule has 1 saturated carbocycles. The third-order valence-corrected chi connectivity index (χ3v) is 6.55. The predicted molar refractivity (Wildman–Crippen MR) is 114 cm³/mol. The number of benzene rings is 1. The maximum atomic E-state index is 12.2. The van der Waals surface area contributed by atoms with E-state index < -0.39 is 5.91 Å². The summed E-state index contributed by atoms with van der Waals surface area (Å²) in [4.78, 5) is 25.9. The van der Waals surface area contributed by atoms with Crippen LogP contribution in [0.3, 0.4) is 0 Å². The minimum Gasteiger partial charge on any atom is -0.497 e. The first-order chi connectivity index (χ1) is 14.3. The number of primary amides is 1. The Kier molecular flexibility index (Phi) is 4.97. The van der Waals surface area contributed by atoms with Crippen molar-refractivity contribution < 1.29 is 14.3 Å². The molecule has 1 aliphatic carbocycles. The second kappa shape index (κ2) is 7.36. The van der Waals surface area contributed by atoms with E-state index in [2.05, 4.69) is 11.7 Å². The Hall–Kier alpha value is -3.00. The zero-order valence-electron chi connectivity index (χ0n) is 16.7. The predicted octanol–water partition coefficient (Wildman–Crippen LogP) is 2.63. The fourth-order valence-electron chi connectivity index (χ4n) is 4.67. The molecule has 4 rings (SSSR count). The van der Waals surface area contributed by atoms with E-state index in [4.69, 9.17) is 27.8 Å². The zero-order chi connectivity index (χ0) is 21.6. The number of hydrogen-bond donors (Lipinski definition) is 2. The number of amides is 2. The molecule has 2 amide bonds. The van der Waals surface area contributed by atoms with E-state index in [1.54, 1.807) is 30.0 Å². The van der Waals surface area contributed by atoms with Crippen LogP contribution in [0.4, 0.5) is 5.82 Å². The van der Waals surface area contributed by atoms with Gasteiger partial charge in [0.05, 0.1) is 18.2 Å². The van der Waals surface area contributed by atoms with Gasteiger partial charge in [-0.15, -0.1) is 0 Å². The number of methoxy groups -OCH3 is 1. The molecule has 8 nitrogen and oxygen atoms in total. The van der Waals surface area contributed by atoms with E-state index in [-0.39, 0.29) is 28.7 Å². The molecule has 9 heteroatoms. The highest BCUT2D eigenvalue weighted by atomic mass is 35.5. The van der Waals surface area contributed by atoms with Crippen molar-refractivity contribution >= 4 is 29.2 Å². The number of nitrogens with zero attached hydrogens (tertiary/aromatic N) is 3. The van der Waals surface area contributed by atoms with E-state index in [1.165, 1.54) is 6.08 Å². The molecule has 1 aromatic heterocycles. The molecule has 1 aliphatic heterocycles. The lowest BCUT2D eigenvalue weighted by atomic mass is 9.65. The standard InChI is InChI=1S/C21H24ClN5O3/c1-3-16(28)26-7-6-21(11-26)9-12(10-21)27-19(23)17(20(24)29)18(25-27)14-5-4-13(30-2)8-15(14)22/h3-5,8,12H,1,6-7,9-11,23H2,2H3,(H2,24,29). The first-order valence-corrected chi connectivity index (χ1v) is 10.1. The monoisotopic (exact) mass is 429 g/mol. The number of nitrogens with two attached hydrogens (primary N) is 2.